The number of nitrogens with zero attached hydrogens (tertiary/aromatic N) is 2. The summed E-state index contributed by atoms with van der Waals surface area (Å²) in [5.41, 5.74) is 5.49. The van der Waals surface area contributed by atoms with Crippen LogP contribution in [0.3, 0.4) is 0 Å². The predicted molar refractivity (Wildman–Crippen MR) is 133 cm³/mol. The van der Waals surface area contributed by atoms with Gasteiger partial charge in [-0.2, -0.15) is 0 Å². The number of carbonyl (C=O) groups is 2. The van der Waals surface area contributed by atoms with Crippen LogP contribution in [0.1, 0.15) is 48.3 Å². The quantitative estimate of drug-likeness (QED) is 0.460. The van der Waals surface area contributed by atoms with Gasteiger partial charge in [0.05, 0.1) is 17.9 Å². The average molecular weight is 481 g/mol. The van der Waals surface area contributed by atoms with Gasteiger partial charge in [0.15, 0.2) is 0 Å². The van der Waals surface area contributed by atoms with E-state index < -0.39 is 5.97 Å². The minimum atomic E-state index is -0.951. The summed E-state index contributed by atoms with van der Waals surface area (Å²) >= 11 is 6.53. The fraction of sp³-hybridized carbons (Fsp3) is 0.320. The Kier molecular flexibility index (Phi) is 5.99. The summed E-state index contributed by atoms with van der Waals surface area (Å²) in [7, 11) is 0. The van der Waals surface area contributed by atoms with Crippen molar-refractivity contribution in [2.45, 2.75) is 44.2 Å². The van der Waals surface area contributed by atoms with E-state index in [1.165, 1.54) is 34.3 Å². The fourth-order valence-corrected chi connectivity index (χ4v) is 6.42. The van der Waals surface area contributed by atoms with E-state index >= 15 is 0 Å². The Morgan fingerprint density at radius 2 is 1.97 bits per heavy atom. The molecule has 170 valence electrons. The van der Waals surface area contributed by atoms with Crippen molar-refractivity contribution < 1.29 is 19.8 Å². The zero-order chi connectivity index (χ0) is 23.1. The number of hydrogen-bond acceptors (Lipinski definition) is 6. The maximum atomic E-state index is 12.8. The first kappa shape index (κ1) is 22.1. The Morgan fingerprint density at radius 3 is 2.70 bits per heavy atom. The van der Waals surface area contributed by atoms with Crippen LogP contribution in [0.5, 0.6) is 0 Å². The summed E-state index contributed by atoms with van der Waals surface area (Å²) in [5.74, 6) is -0.722. The van der Waals surface area contributed by atoms with E-state index in [-0.39, 0.29) is 25.5 Å². The van der Waals surface area contributed by atoms with Crippen molar-refractivity contribution in [2.75, 3.05) is 11.4 Å². The molecule has 1 saturated heterocycles. The van der Waals surface area contributed by atoms with E-state index in [2.05, 4.69) is 29.2 Å². The summed E-state index contributed by atoms with van der Waals surface area (Å²) < 4.78 is 0.405. The van der Waals surface area contributed by atoms with E-state index in [1.807, 2.05) is 24.3 Å². The van der Waals surface area contributed by atoms with Gasteiger partial charge >= 0.3 is 5.97 Å². The molecule has 0 aromatic heterocycles. The number of fused-ring (bicyclic) bond motifs is 3. The van der Waals surface area contributed by atoms with E-state index in [9.17, 15) is 14.7 Å². The van der Waals surface area contributed by atoms with Crippen molar-refractivity contribution in [3.05, 3.63) is 64.1 Å². The molecule has 2 aliphatic heterocycles. The van der Waals surface area contributed by atoms with Crippen molar-refractivity contribution in [1.82, 2.24) is 4.90 Å². The Labute approximate surface area is 201 Å². The lowest BCUT2D eigenvalue weighted by atomic mass is 9.96. The Balaban J connectivity index is 1.44. The maximum absolute atomic E-state index is 12.8. The highest BCUT2D eigenvalue weighted by Crippen LogP contribution is 2.52. The number of aliphatic carboxylic acids is 1. The number of hydrogen-bond donors (Lipinski definition) is 2. The van der Waals surface area contributed by atoms with E-state index in [4.69, 9.17) is 17.3 Å². The molecule has 2 N–H and O–H groups in total. The number of thiocarbonyl (C=S) groups is 1. The number of carboxylic acid groups (broad SMARTS) is 1. The summed E-state index contributed by atoms with van der Waals surface area (Å²) in [6.45, 7) is 0.129. The van der Waals surface area contributed by atoms with E-state index in [0.717, 1.165) is 29.7 Å². The van der Waals surface area contributed by atoms with Gasteiger partial charge in [-0.1, -0.05) is 48.6 Å². The number of aliphatic hydroxyl groups is 1. The molecule has 2 heterocycles. The van der Waals surface area contributed by atoms with Gasteiger partial charge in [-0.25, -0.2) is 0 Å². The highest BCUT2D eigenvalue weighted by atomic mass is 32.2. The standard InChI is InChI=1S/C25H24N2O4S2/c28-14-15-4-7-17(8-5-15)27-20-3-1-2-18(20)19-12-16(6-9-21(19)27)13-22-24(31)26(25(32)33-22)11-10-23(29)30/h4-9,12-13,18,20,28H,1-3,10-11,14H2,(H,29,30)/b22-13+. The number of aliphatic hydroxyl groups excluding tert-OH is 1. The smallest absolute Gasteiger partial charge is 0.305 e. The second-order valence-corrected chi connectivity index (χ2v) is 10.3. The first-order valence-corrected chi connectivity index (χ1v) is 12.3. The molecule has 1 aliphatic carbocycles. The molecule has 2 fully saturated rings. The summed E-state index contributed by atoms with van der Waals surface area (Å²) in [4.78, 5) is 28.0. The molecule has 5 rings (SSSR count). The SMILES string of the molecule is O=C(O)CCN1C(=O)/C(=C\c2ccc3c(c2)C2CCCC2N3c2ccc(CO)cc2)SC1=S. The fourth-order valence-electron chi connectivity index (χ4n) is 5.11. The highest BCUT2D eigenvalue weighted by molar-refractivity contribution is 8.26. The van der Waals surface area contributed by atoms with E-state index in [1.54, 1.807) is 0 Å². The largest absolute Gasteiger partial charge is 0.481 e. The molecule has 6 nitrogen and oxygen atoms in total. The highest BCUT2D eigenvalue weighted by Gasteiger charge is 2.42. The van der Waals surface area contributed by atoms with Crippen molar-refractivity contribution in [3.63, 3.8) is 0 Å². The number of thioether (sulfide) groups is 1. The van der Waals surface area contributed by atoms with Crippen molar-refractivity contribution in [3.8, 4) is 0 Å². The number of anilines is 2. The van der Waals surface area contributed by atoms with Crippen LogP contribution in [0, 0.1) is 0 Å². The normalized spacial score (nSPS) is 22.9. The minimum Gasteiger partial charge on any atom is -0.481 e. The molecule has 3 aliphatic rings. The van der Waals surface area contributed by atoms with Gasteiger partial charge in [-0.15, -0.1) is 0 Å². The van der Waals surface area contributed by atoms with Gasteiger partial charge in [0.1, 0.15) is 4.32 Å². The molecule has 2 aromatic carbocycles. The molecule has 2 atom stereocenters. The summed E-state index contributed by atoms with van der Waals surface area (Å²) in [5, 5.41) is 18.3. The van der Waals surface area contributed by atoms with Gasteiger partial charge in [-0.3, -0.25) is 14.5 Å². The average Bonchev–Trinajstić information content (AvgIpc) is 3.46. The van der Waals surface area contributed by atoms with Crippen LogP contribution >= 0.6 is 24.0 Å². The lowest BCUT2D eigenvalue weighted by Crippen LogP contribution is -2.30. The number of amides is 1. The molecule has 2 unspecified atom stereocenters. The summed E-state index contributed by atoms with van der Waals surface area (Å²) in [6, 6.07) is 14.9. The third-order valence-electron chi connectivity index (χ3n) is 6.64. The Morgan fingerprint density at radius 1 is 1.18 bits per heavy atom. The van der Waals surface area contributed by atoms with Crippen LogP contribution in [0.25, 0.3) is 6.08 Å². The van der Waals surface area contributed by atoms with Gasteiger partial charge in [-0.05, 0) is 59.9 Å². The third kappa shape index (κ3) is 4.07. The molecule has 0 bridgehead atoms. The van der Waals surface area contributed by atoms with Gasteiger partial charge in [0.25, 0.3) is 5.91 Å². The number of carboxylic acids is 1. The van der Waals surface area contributed by atoms with Crippen LogP contribution in [-0.2, 0) is 16.2 Å². The van der Waals surface area contributed by atoms with Gasteiger partial charge < -0.3 is 15.1 Å². The number of carbonyl (C=O) groups excluding carboxylic acids is 1. The molecule has 0 spiro atoms. The Bertz CT molecular complexity index is 1160. The lowest BCUT2D eigenvalue weighted by molar-refractivity contribution is -0.137. The zero-order valence-corrected chi connectivity index (χ0v) is 19.6. The number of benzene rings is 2. The van der Waals surface area contributed by atoms with Crippen molar-refractivity contribution in [1.29, 1.82) is 0 Å². The molecule has 1 saturated carbocycles. The van der Waals surface area contributed by atoms with Crippen LogP contribution in [0.2, 0.25) is 0 Å². The molecule has 33 heavy (non-hydrogen) atoms. The number of rotatable bonds is 6. The molecule has 2 aromatic rings. The zero-order valence-electron chi connectivity index (χ0n) is 17.9. The van der Waals surface area contributed by atoms with E-state index in [0.29, 0.717) is 21.2 Å². The van der Waals surface area contributed by atoms with Gasteiger partial charge in [0, 0.05) is 29.9 Å². The second kappa shape index (κ2) is 8.93. The van der Waals surface area contributed by atoms with Crippen LogP contribution in [0.15, 0.2) is 47.4 Å². The predicted octanol–water partition coefficient (Wildman–Crippen LogP) is 4.64. The molecular weight excluding hydrogens is 456 g/mol. The van der Waals surface area contributed by atoms with Crippen LogP contribution < -0.4 is 4.90 Å². The monoisotopic (exact) mass is 480 g/mol. The molecule has 0 radical (unpaired) electrons. The van der Waals surface area contributed by atoms with Gasteiger partial charge in [0.2, 0.25) is 0 Å². The third-order valence-corrected chi connectivity index (χ3v) is 8.02. The molecule has 8 heteroatoms. The minimum absolute atomic E-state index is 0.0366. The van der Waals surface area contributed by atoms with Crippen LogP contribution in [0.4, 0.5) is 11.4 Å². The topological polar surface area (TPSA) is 81.1 Å². The molecule has 1 amide bonds. The first-order chi connectivity index (χ1) is 16.0. The van der Waals surface area contributed by atoms with Crippen molar-refractivity contribution in [2.24, 2.45) is 0 Å². The second-order valence-electron chi connectivity index (χ2n) is 8.59. The Hall–Kier alpha value is -2.68. The van der Waals surface area contributed by atoms with Crippen LogP contribution in [-0.4, -0.2) is 43.9 Å². The molecular formula is C25H24N2O4S2. The van der Waals surface area contributed by atoms with Crippen molar-refractivity contribution >= 4 is 57.6 Å². The first-order valence-electron chi connectivity index (χ1n) is 11.1. The maximum Gasteiger partial charge on any atom is 0.305 e. The summed E-state index contributed by atoms with van der Waals surface area (Å²) in [6.07, 6.45) is 5.20. The lowest BCUT2D eigenvalue weighted by Gasteiger charge is -2.27.